The Morgan fingerprint density at radius 1 is 0.709 bits per heavy atom. The first-order valence-corrected chi connectivity index (χ1v) is 32.4. The minimum atomic E-state index is -2.35. The number of phenols is 3. The van der Waals surface area contributed by atoms with Gasteiger partial charge >= 0.3 is 5.97 Å². The van der Waals surface area contributed by atoms with E-state index in [-0.39, 0.29) is 61.1 Å². The molecular formula is C68H83Cl2N9O24. The average molecular weight is 1480 g/mol. The zero-order chi connectivity index (χ0) is 73.5. The average Bonchev–Trinajstić information content (AvgIpc) is 0.764. The number of aliphatic hydroxyl groups excluding tert-OH is 6. The number of hydrogen-bond donors (Lipinski definition) is 19. The Labute approximate surface area is 599 Å². The number of aromatic hydroxyl groups is 3. The number of primary amides is 1. The first kappa shape index (κ1) is 79.5. The molecule has 7 aliphatic heterocycles. The monoisotopic (exact) mass is 1480 g/mol. The number of phenolic OH excluding ortho intramolecular Hbond substituents is 3. The van der Waals surface area contributed by atoms with E-state index in [0.29, 0.717) is 0 Å². The van der Waals surface area contributed by atoms with Crippen LogP contribution in [0, 0.1) is 5.92 Å². The van der Waals surface area contributed by atoms with Crippen molar-refractivity contribution >= 4 is 70.5 Å². The summed E-state index contributed by atoms with van der Waals surface area (Å²) < 4.78 is 38.3. The van der Waals surface area contributed by atoms with E-state index in [1.165, 1.54) is 33.0 Å². The molecule has 11 bridgehead atoms. The number of halogens is 2. The van der Waals surface area contributed by atoms with Crippen LogP contribution in [0.1, 0.15) is 120 Å². The van der Waals surface area contributed by atoms with Crippen molar-refractivity contribution in [2.75, 3.05) is 13.7 Å². The van der Waals surface area contributed by atoms with Gasteiger partial charge in [-0.15, -0.1) is 0 Å². The molecule has 33 nitrogen and oxygen atoms in total. The van der Waals surface area contributed by atoms with Crippen LogP contribution in [-0.2, 0) is 52.6 Å². The van der Waals surface area contributed by atoms with Gasteiger partial charge in [-0.05, 0) is 110 Å². The number of fused-ring (bicyclic) bond motifs is 15. The Morgan fingerprint density at radius 2 is 1.30 bits per heavy atom. The molecule has 12 rings (SSSR count). The largest absolute Gasteiger partial charge is 0.508 e. The number of carboxylic acids is 1. The number of carboxylic acid groups (broad SMARTS) is 1. The van der Waals surface area contributed by atoms with Crippen LogP contribution in [0.25, 0.3) is 11.1 Å². The van der Waals surface area contributed by atoms with Gasteiger partial charge in [0.1, 0.15) is 89.5 Å². The Kier molecular flexibility index (Phi) is 24.9. The molecular weight excluding hydrogens is 1400 g/mol. The Hall–Kier alpha value is -9.20. The third kappa shape index (κ3) is 16.9. The van der Waals surface area contributed by atoms with Gasteiger partial charge in [0.15, 0.2) is 29.9 Å². The van der Waals surface area contributed by atoms with E-state index in [1.54, 1.807) is 0 Å². The number of carbonyl (C=O) groups excluding carboxylic acids is 7. The summed E-state index contributed by atoms with van der Waals surface area (Å²) in [5.74, 6) is -16.0. The summed E-state index contributed by atoms with van der Waals surface area (Å²) >= 11 is 14.1. The minimum Gasteiger partial charge on any atom is -0.508 e. The lowest BCUT2D eigenvalue weighted by atomic mass is 9.86. The lowest BCUT2D eigenvalue weighted by Gasteiger charge is -2.47. The molecule has 21 N–H and O–H groups in total. The maximum Gasteiger partial charge on any atom is 0.330 e. The Bertz CT molecular complexity index is 4080. The number of aliphatic carboxylic acids is 1. The number of carbonyl (C=O) groups is 8. The van der Waals surface area contributed by atoms with Gasteiger partial charge in [0, 0.05) is 34.7 Å². The predicted molar refractivity (Wildman–Crippen MR) is 363 cm³/mol. The molecule has 2 saturated heterocycles. The molecule has 0 radical (unpaired) electrons. The molecule has 0 saturated carbocycles. The summed E-state index contributed by atoms with van der Waals surface area (Å²) in [6.07, 6.45) is -18.6. The molecule has 0 aliphatic carbocycles. The van der Waals surface area contributed by atoms with Gasteiger partial charge in [-0.3, -0.25) is 33.6 Å². The number of hydrogen-bond acceptors (Lipinski definition) is 25. The number of likely N-dealkylation sites (N-methyl/N-ethyl adjacent to an activating group) is 1. The summed E-state index contributed by atoms with van der Waals surface area (Å²) in [4.78, 5) is 117. The molecule has 1 unspecified atom stereocenters. The SMILES string of the molecule is C.C.CN[C@H](CC(C)C)C(=O)NC1C(=O)N[C@@H](CC(N)=O)C(=O)N[C@H]2C(=O)N[C@H]3C(=O)N[C@H](C(=O)N[C@H](C(=O)O)c4cc(O)cc(O)c4-c4cc3ccc4O)[C@H](O)c3ccc(c(Cl)c3)Oc3cc2cc(c3O[C@@H]2O[C@H](CO)[C@@H](O)[C@H](O)[C@H]2O[C@H]2C[C@](C)(N)[C@H](O)[C@H](C)O2)Oc2ccc(cc2Cl)[C@H]1O. The van der Waals surface area contributed by atoms with Gasteiger partial charge in [0.2, 0.25) is 53.4 Å². The zero-order valence-corrected chi connectivity index (χ0v) is 55.8. The number of rotatable bonds is 13. The molecule has 0 spiro atoms. The number of ether oxygens (including phenoxy) is 6. The second-order valence-electron chi connectivity index (χ2n) is 25.7. The van der Waals surface area contributed by atoms with Gasteiger partial charge in [0.25, 0.3) is 0 Å². The molecule has 7 aliphatic rings. The number of nitrogens with two attached hydrogens (primary N) is 2. The van der Waals surface area contributed by atoms with Gasteiger partial charge in [-0.2, -0.15) is 0 Å². The molecule has 7 amide bonds. The normalized spacial score (nSPS) is 28.9. The van der Waals surface area contributed by atoms with Crippen LogP contribution in [0.15, 0.2) is 78.9 Å². The summed E-state index contributed by atoms with van der Waals surface area (Å²) in [6.45, 7) is 5.66. The van der Waals surface area contributed by atoms with Crippen LogP contribution in [0.5, 0.6) is 46.0 Å². The van der Waals surface area contributed by atoms with Crippen molar-refractivity contribution in [3.63, 3.8) is 0 Å². The van der Waals surface area contributed by atoms with E-state index in [2.05, 4.69) is 37.2 Å². The predicted octanol–water partition coefficient (Wildman–Crippen LogP) is 1.38. The zero-order valence-electron chi connectivity index (χ0n) is 54.3. The molecule has 5 aromatic carbocycles. The molecule has 558 valence electrons. The van der Waals surface area contributed by atoms with Crippen molar-refractivity contribution in [2.24, 2.45) is 17.4 Å². The van der Waals surface area contributed by atoms with Gasteiger partial charge < -0.3 is 128 Å². The van der Waals surface area contributed by atoms with Crippen molar-refractivity contribution in [3.8, 4) is 57.1 Å². The van der Waals surface area contributed by atoms with E-state index in [0.717, 1.165) is 66.7 Å². The highest BCUT2D eigenvalue weighted by Crippen LogP contribution is 2.50. The second kappa shape index (κ2) is 32.2. The fourth-order valence-electron chi connectivity index (χ4n) is 12.5. The summed E-state index contributed by atoms with van der Waals surface area (Å²) in [5, 5.41) is 131. The van der Waals surface area contributed by atoms with Gasteiger partial charge in [-0.1, -0.05) is 70.1 Å². The van der Waals surface area contributed by atoms with Crippen LogP contribution in [0.3, 0.4) is 0 Å². The van der Waals surface area contributed by atoms with E-state index >= 15 is 14.4 Å². The third-order valence-corrected chi connectivity index (χ3v) is 18.4. The summed E-state index contributed by atoms with van der Waals surface area (Å²) in [7, 11) is 1.47. The van der Waals surface area contributed by atoms with Crippen LogP contribution < -0.4 is 62.9 Å². The number of aliphatic hydroxyl groups is 6. The number of benzene rings is 5. The molecule has 2 fully saturated rings. The number of amides is 7. The van der Waals surface area contributed by atoms with Crippen molar-refractivity contribution in [3.05, 3.63) is 117 Å². The summed E-state index contributed by atoms with van der Waals surface area (Å²) in [6, 6.07) is -0.679. The molecule has 18 atom stereocenters. The minimum absolute atomic E-state index is 0. The molecule has 35 heteroatoms. The van der Waals surface area contributed by atoms with Crippen molar-refractivity contribution in [1.82, 2.24) is 37.2 Å². The molecule has 7 heterocycles. The van der Waals surface area contributed by atoms with Crippen LogP contribution in [0.2, 0.25) is 10.0 Å². The fourth-order valence-corrected chi connectivity index (χ4v) is 12.9. The van der Waals surface area contributed by atoms with Crippen LogP contribution >= 0.6 is 23.2 Å². The maximum absolute atomic E-state index is 16.0. The van der Waals surface area contributed by atoms with Crippen molar-refractivity contribution < 1.29 is 118 Å². The highest BCUT2D eigenvalue weighted by atomic mass is 35.5. The smallest absolute Gasteiger partial charge is 0.330 e. The topological polar surface area (TPSA) is 530 Å². The van der Waals surface area contributed by atoms with Crippen LogP contribution in [-0.4, -0.2) is 191 Å². The maximum atomic E-state index is 16.0. The van der Waals surface area contributed by atoms with Crippen molar-refractivity contribution in [1.29, 1.82) is 0 Å². The first-order chi connectivity index (χ1) is 47.7. The van der Waals surface area contributed by atoms with Gasteiger partial charge in [-0.25, -0.2) is 4.79 Å². The quantitative estimate of drug-likeness (QED) is 0.0791. The molecule has 5 aromatic rings. The third-order valence-electron chi connectivity index (χ3n) is 17.8. The summed E-state index contributed by atoms with van der Waals surface area (Å²) in [5.41, 5.74) is 8.00. The van der Waals surface area contributed by atoms with E-state index in [4.69, 9.17) is 63.1 Å². The van der Waals surface area contributed by atoms with E-state index in [1.807, 2.05) is 13.8 Å². The Balaban J connectivity index is 0.00000672. The lowest BCUT2D eigenvalue weighted by molar-refractivity contribution is -0.333. The van der Waals surface area contributed by atoms with Gasteiger partial charge in [0.05, 0.1) is 41.3 Å². The second-order valence-corrected chi connectivity index (χ2v) is 26.5. The Morgan fingerprint density at radius 3 is 1.87 bits per heavy atom. The first-order valence-electron chi connectivity index (χ1n) is 31.6. The standard InChI is InChI=1S/C66H75Cl2N9O24.2CH4/c1-23(2)12-34(71-5)58(88)76-49-51(83)26-7-10-38(32(67)14-26)97-40-16-28-17-41(55(40)101-65-56(54(86)53(85)42(22-78)99-65)100-44-21-66(4,70)57(87)24(3)96-44)98-39-11-8-27(15-33(39)68)52(84)50-63(93)75-48(64(94)95)31-18-29(79)19-37(81)45(31)30-13-25(6-9-36(30)80)46(60(90)77-50)74-61(91)47(28)73-59(89)35(20-43(69)82)72-62(49)92;;/h6-11,13-19,23-24,34-35,42,44,46-54,56-57,65,71,78-81,83-87H,12,20-22,70H2,1-5H3,(H2,69,82)(H,72,92)(H,73,89)(H,74,91)(H,75,93)(H,76,88)(H,77,90)(H,94,95);2*1H4/t24-,34+,35-,42+,44-,46+,47+,48-,49?,50-,51+,52+,53+,54-,56+,57+,65-,66-;;/m0../s1. The van der Waals surface area contributed by atoms with E-state index in [9.17, 15) is 75.0 Å². The molecule has 103 heavy (non-hydrogen) atoms. The van der Waals surface area contributed by atoms with Crippen LogP contribution in [0.4, 0.5) is 0 Å². The number of nitrogens with one attached hydrogen (secondary N) is 7. The fraction of sp³-hybridized carbons (Fsp3) is 0.441. The highest BCUT2D eigenvalue weighted by molar-refractivity contribution is 6.32. The van der Waals surface area contributed by atoms with E-state index < -0.39 is 237 Å². The lowest BCUT2D eigenvalue weighted by Crippen LogP contribution is -2.64. The molecule has 0 aromatic heterocycles. The highest BCUT2D eigenvalue weighted by Gasteiger charge is 2.51. The van der Waals surface area contributed by atoms with Crippen molar-refractivity contribution in [2.45, 2.75) is 171 Å².